The van der Waals surface area contributed by atoms with Crippen LogP contribution in [0.25, 0.3) is 0 Å². The van der Waals surface area contributed by atoms with E-state index in [0.29, 0.717) is 10.7 Å². The molecule has 5 atom stereocenters. The fraction of sp³-hybridized carbons (Fsp3) is 0.438. The zero-order valence-electron chi connectivity index (χ0n) is 12.8. The van der Waals surface area contributed by atoms with Crippen molar-refractivity contribution in [1.29, 1.82) is 0 Å². The summed E-state index contributed by atoms with van der Waals surface area (Å²) in [5, 5.41) is 22.0. The lowest BCUT2D eigenvalue weighted by Gasteiger charge is -2.29. The van der Waals surface area contributed by atoms with Crippen LogP contribution in [-0.2, 0) is 14.4 Å². The Balaban J connectivity index is 1.88. The second-order valence-corrected chi connectivity index (χ2v) is 7.15. The summed E-state index contributed by atoms with van der Waals surface area (Å²) in [4.78, 5) is 35.7. The van der Waals surface area contributed by atoms with Crippen LogP contribution in [0, 0.1) is 23.2 Å². The van der Waals surface area contributed by atoms with Gasteiger partial charge in [0.25, 0.3) is 0 Å². The molecule has 0 unspecified atom stereocenters. The van der Waals surface area contributed by atoms with Crippen LogP contribution in [0.4, 0.5) is 5.69 Å². The molecular formula is C16H17ClN2O5. The zero-order chi connectivity index (χ0) is 17.9. The maximum atomic E-state index is 12.6. The summed E-state index contributed by atoms with van der Waals surface area (Å²) in [5.74, 6) is -5.17. The van der Waals surface area contributed by atoms with Crippen LogP contribution in [-0.4, -0.2) is 33.6 Å². The highest BCUT2D eigenvalue weighted by molar-refractivity contribution is 6.30. The highest BCUT2D eigenvalue weighted by Crippen LogP contribution is 2.73. The molecule has 0 radical (unpaired) electrons. The van der Waals surface area contributed by atoms with Gasteiger partial charge in [0.15, 0.2) is 0 Å². The molecule has 2 aliphatic carbocycles. The van der Waals surface area contributed by atoms with E-state index < -0.39 is 46.6 Å². The number of fused-ring (bicyclic) bond motifs is 1. The number of carbonyl (C=O) groups is 3. The first kappa shape index (κ1) is 16.7. The number of benzene rings is 1. The highest BCUT2D eigenvalue weighted by Gasteiger charge is 2.83. The van der Waals surface area contributed by atoms with E-state index >= 15 is 0 Å². The van der Waals surface area contributed by atoms with Crippen LogP contribution in [0.1, 0.15) is 13.3 Å². The largest absolute Gasteiger partial charge is 0.481 e. The number of rotatable bonds is 4. The predicted molar refractivity (Wildman–Crippen MR) is 85.5 cm³/mol. The summed E-state index contributed by atoms with van der Waals surface area (Å²) in [6.45, 7) is 1.54. The number of nitrogens with one attached hydrogen (secondary N) is 1. The normalized spacial score (nSPS) is 36.7. The Bertz CT molecular complexity index is 754. The minimum atomic E-state index is -1.74. The SMILES string of the molecule is C[C@@]12[C@@H]([C@@H](C(=O)Nc3cccc(Cl)c3)C[C@]1(N)C(=O)O)[C@H]2C(=O)O. The lowest BCUT2D eigenvalue weighted by Crippen LogP contribution is -2.55. The number of anilines is 1. The number of nitrogens with two attached hydrogens (primary N) is 1. The summed E-state index contributed by atoms with van der Waals surface area (Å²) < 4.78 is 0. The van der Waals surface area contributed by atoms with Gasteiger partial charge in [-0.3, -0.25) is 14.4 Å². The fourth-order valence-corrected chi connectivity index (χ4v) is 4.44. The van der Waals surface area contributed by atoms with Gasteiger partial charge in [-0.15, -0.1) is 0 Å². The molecule has 1 aromatic rings. The molecule has 1 aromatic carbocycles. The zero-order valence-corrected chi connectivity index (χ0v) is 13.6. The second kappa shape index (κ2) is 5.19. The molecule has 8 heteroatoms. The standard InChI is InChI=1S/C16H17ClN2O5/c1-15-10(11(15)13(21)22)9(6-16(15,18)14(23)24)12(20)19-8-4-2-3-7(17)5-8/h2-5,9-11H,6,18H2,1H3,(H,19,20)(H,21,22)(H,23,24)/t9-,10-,11-,15-,16-/m0/s1. The van der Waals surface area contributed by atoms with Crippen molar-refractivity contribution in [2.24, 2.45) is 28.9 Å². The van der Waals surface area contributed by atoms with Crippen molar-refractivity contribution < 1.29 is 24.6 Å². The topological polar surface area (TPSA) is 130 Å². The van der Waals surface area contributed by atoms with Crippen LogP contribution < -0.4 is 11.1 Å². The molecule has 2 fully saturated rings. The summed E-state index contributed by atoms with van der Waals surface area (Å²) in [5.41, 5.74) is 3.62. The van der Waals surface area contributed by atoms with E-state index in [2.05, 4.69) is 5.32 Å². The van der Waals surface area contributed by atoms with Crippen molar-refractivity contribution in [1.82, 2.24) is 0 Å². The van der Waals surface area contributed by atoms with Crippen molar-refractivity contribution in [2.75, 3.05) is 5.32 Å². The van der Waals surface area contributed by atoms with E-state index in [1.807, 2.05) is 0 Å². The molecule has 1 amide bonds. The maximum absolute atomic E-state index is 12.6. The lowest BCUT2D eigenvalue weighted by atomic mass is 9.80. The molecule has 7 nitrogen and oxygen atoms in total. The first-order valence-corrected chi connectivity index (χ1v) is 7.82. The minimum Gasteiger partial charge on any atom is -0.481 e. The number of carboxylic acids is 2. The molecule has 0 spiro atoms. The minimum absolute atomic E-state index is 0.0975. The van der Waals surface area contributed by atoms with Crippen LogP contribution >= 0.6 is 11.6 Å². The summed E-state index contributed by atoms with van der Waals surface area (Å²) in [6, 6.07) is 6.52. The predicted octanol–water partition coefficient (Wildman–Crippen LogP) is 1.42. The number of carboxylic acid groups (broad SMARTS) is 2. The summed E-state index contributed by atoms with van der Waals surface area (Å²) in [7, 11) is 0. The van der Waals surface area contributed by atoms with Gasteiger partial charge in [0.2, 0.25) is 5.91 Å². The van der Waals surface area contributed by atoms with Crippen LogP contribution in [0.3, 0.4) is 0 Å². The Hall–Kier alpha value is -2.12. The molecule has 0 bridgehead atoms. The van der Waals surface area contributed by atoms with Gasteiger partial charge in [-0.05, 0) is 30.5 Å². The van der Waals surface area contributed by atoms with E-state index in [-0.39, 0.29) is 6.42 Å². The van der Waals surface area contributed by atoms with Crippen LogP contribution in [0.15, 0.2) is 24.3 Å². The molecule has 3 rings (SSSR count). The third kappa shape index (κ3) is 2.12. The number of carbonyl (C=O) groups excluding carboxylic acids is 1. The number of hydrogen-bond acceptors (Lipinski definition) is 4. The summed E-state index contributed by atoms with van der Waals surface area (Å²) >= 11 is 5.87. The Morgan fingerprint density at radius 2 is 2.00 bits per heavy atom. The Labute approximate surface area is 142 Å². The van der Waals surface area contributed by atoms with Gasteiger partial charge in [0.1, 0.15) is 5.54 Å². The highest BCUT2D eigenvalue weighted by atomic mass is 35.5. The Morgan fingerprint density at radius 1 is 1.33 bits per heavy atom. The molecule has 2 aliphatic rings. The number of aliphatic carboxylic acids is 2. The van der Waals surface area contributed by atoms with Crippen LogP contribution in [0.5, 0.6) is 0 Å². The monoisotopic (exact) mass is 352 g/mol. The number of amides is 1. The molecule has 0 saturated heterocycles. The Morgan fingerprint density at radius 3 is 2.54 bits per heavy atom. The molecular weight excluding hydrogens is 336 g/mol. The fourth-order valence-electron chi connectivity index (χ4n) is 4.25. The summed E-state index contributed by atoms with van der Waals surface area (Å²) in [6.07, 6.45) is -0.0975. The molecule has 5 N–H and O–H groups in total. The Kier molecular flexibility index (Phi) is 3.62. The van der Waals surface area contributed by atoms with Gasteiger partial charge in [-0.25, -0.2) is 0 Å². The van der Waals surface area contributed by atoms with E-state index in [4.69, 9.17) is 17.3 Å². The first-order valence-electron chi connectivity index (χ1n) is 7.44. The van der Waals surface area contributed by atoms with E-state index in [1.54, 1.807) is 24.3 Å². The van der Waals surface area contributed by atoms with Gasteiger partial charge in [0.05, 0.1) is 5.92 Å². The van der Waals surface area contributed by atoms with Crippen molar-refractivity contribution in [3.63, 3.8) is 0 Å². The molecule has 0 aromatic heterocycles. The quantitative estimate of drug-likeness (QED) is 0.648. The third-order valence-electron chi connectivity index (χ3n) is 5.60. The van der Waals surface area contributed by atoms with Gasteiger partial charge >= 0.3 is 11.9 Å². The molecule has 0 aliphatic heterocycles. The van der Waals surface area contributed by atoms with Crippen molar-refractivity contribution in [3.8, 4) is 0 Å². The van der Waals surface area contributed by atoms with Gasteiger partial charge in [-0.2, -0.15) is 0 Å². The smallest absolute Gasteiger partial charge is 0.324 e. The van der Waals surface area contributed by atoms with Gasteiger partial charge < -0.3 is 21.3 Å². The van der Waals surface area contributed by atoms with E-state index in [0.717, 1.165) is 0 Å². The van der Waals surface area contributed by atoms with E-state index in [9.17, 15) is 24.6 Å². The van der Waals surface area contributed by atoms with E-state index in [1.165, 1.54) is 6.92 Å². The molecule has 0 heterocycles. The number of hydrogen-bond donors (Lipinski definition) is 4. The lowest BCUT2D eigenvalue weighted by molar-refractivity contribution is -0.148. The maximum Gasteiger partial charge on any atom is 0.324 e. The van der Waals surface area contributed by atoms with Gasteiger partial charge in [-0.1, -0.05) is 24.6 Å². The van der Waals surface area contributed by atoms with Crippen molar-refractivity contribution >= 4 is 35.1 Å². The molecule has 24 heavy (non-hydrogen) atoms. The molecule has 2 saturated carbocycles. The first-order chi connectivity index (χ1) is 11.1. The number of halogens is 1. The van der Waals surface area contributed by atoms with Crippen molar-refractivity contribution in [2.45, 2.75) is 18.9 Å². The van der Waals surface area contributed by atoms with Gasteiger partial charge in [0, 0.05) is 22.0 Å². The molecule has 128 valence electrons. The third-order valence-corrected chi connectivity index (χ3v) is 5.84. The van der Waals surface area contributed by atoms with Crippen LogP contribution in [0.2, 0.25) is 5.02 Å². The average molecular weight is 353 g/mol. The second-order valence-electron chi connectivity index (χ2n) is 6.71. The van der Waals surface area contributed by atoms with Crippen molar-refractivity contribution in [3.05, 3.63) is 29.3 Å². The average Bonchev–Trinajstić information content (AvgIpc) is 3.04.